The Labute approximate surface area is 151 Å². The van der Waals surface area contributed by atoms with Gasteiger partial charge in [0, 0.05) is 17.3 Å². The summed E-state index contributed by atoms with van der Waals surface area (Å²) in [5, 5.41) is 5.23. The number of allylic oxidation sites excluding steroid dienone is 1. The van der Waals surface area contributed by atoms with Crippen molar-refractivity contribution in [3.05, 3.63) is 52.4 Å². The number of benzene rings is 1. The lowest BCUT2D eigenvalue weighted by molar-refractivity contribution is 0.0958. The number of fused-ring (bicyclic) bond motifs is 2. The number of rotatable bonds is 4. The van der Waals surface area contributed by atoms with Crippen LogP contribution in [-0.2, 0) is 0 Å². The fourth-order valence-electron chi connectivity index (χ4n) is 3.42. The van der Waals surface area contributed by atoms with Gasteiger partial charge in [-0.2, -0.15) is 0 Å². The average Bonchev–Trinajstić information content (AvgIpc) is 3.03. The maximum absolute atomic E-state index is 12.5. The molecule has 4 rings (SSSR count). The maximum Gasteiger partial charge on any atom is 0.261 e. The van der Waals surface area contributed by atoms with Crippen LogP contribution in [0.5, 0.6) is 0 Å². The van der Waals surface area contributed by atoms with Crippen molar-refractivity contribution in [3.63, 3.8) is 0 Å². The highest BCUT2D eigenvalue weighted by Gasteiger charge is 2.12. The van der Waals surface area contributed by atoms with Crippen LogP contribution < -0.4 is 5.32 Å². The summed E-state index contributed by atoms with van der Waals surface area (Å²) in [6.45, 7) is 2.80. The molecule has 4 heteroatoms. The smallest absolute Gasteiger partial charge is 0.261 e. The van der Waals surface area contributed by atoms with Crippen LogP contribution in [0.4, 0.5) is 0 Å². The number of pyridine rings is 1. The van der Waals surface area contributed by atoms with Crippen molar-refractivity contribution >= 4 is 38.4 Å². The second kappa shape index (κ2) is 6.96. The summed E-state index contributed by atoms with van der Waals surface area (Å²) in [7, 11) is 0. The van der Waals surface area contributed by atoms with Crippen LogP contribution in [0.15, 0.2) is 42.0 Å². The first-order valence-electron chi connectivity index (χ1n) is 8.96. The van der Waals surface area contributed by atoms with Gasteiger partial charge in [-0.15, -0.1) is 11.3 Å². The number of hydrogen-bond acceptors (Lipinski definition) is 3. The van der Waals surface area contributed by atoms with Gasteiger partial charge >= 0.3 is 0 Å². The number of carbonyl (C=O) groups excluding carboxylic acids is 1. The summed E-state index contributed by atoms with van der Waals surface area (Å²) in [5.74, 6) is 0.0136. The molecule has 128 valence electrons. The Morgan fingerprint density at radius 3 is 2.96 bits per heavy atom. The average molecular weight is 350 g/mol. The minimum absolute atomic E-state index is 0.0136. The van der Waals surface area contributed by atoms with Gasteiger partial charge in [0.2, 0.25) is 0 Å². The Hall–Kier alpha value is -2.20. The normalized spacial score (nSPS) is 14.7. The van der Waals surface area contributed by atoms with Crippen LogP contribution in [-0.4, -0.2) is 17.4 Å². The van der Waals surface area contributed by atoms with Gasteiger partial charge < -0.3 is 5.32 Å². The molecular formula is C21H22N2OS. The fraction of sp³-hybridized carbons (Fsp3) is 0.333. The van der Waals surface area contributed by atoms with E-state index in [1.165, 1.54) is 48.2 Å². The third-order valence-electron chi connectivity index (χ3n) is 4.80. The van der Waals surface area contributed by atoms with Gasteiger partial charge in [-0.05, 0) is 63.3 Å². The van der Waals surface area contributed by atoms with Gasteiger partial charge in [-0.1, -0.05) is 23.3 Å². The predicted octanol–water partition coefficient (Wildman–Crippen LogP) is 5.38. The van der Waals surface area contributed by atoms with Crippen molar-refractivity contribution in [1.29, 1.82) is 0 Å². The molecule has 25 heavy (non-hydrogen) atoms. The van der Waals surface area contributed by atoms with E-state index in [9.17, 15) is 4.79 Å². The predicted molar refractivity (Wildman–Crippen MR) is 105 cm³/mol. The second-order valence-electron chi connectivity index (χ2n) is 6.80. The van der Waals surface area contributed by atoms with Crippen molar-refractivity contribution in [2.24, 2.45) is 0 Å². The monoisotopic (exact) mass is 350 g/mol. The molecule has 1 amide bonds. The van der Waals surface area contributed by atoms with Crippen LogP contribution >= 0.6 is 11.3 Å². The molecule has 0 saturated carbocycles. The second-order valence-corrected chi connectivity index (χ2v) is 7.83. The van der Waals surface area contributed by atoms with Crippen LogP contribution in [0.25, 0.3) is 21.1 Å². The zero-order chi connectivity index (χ0) is 17.2. The molecule has 3 nitrogen and oxygen atoms in total. The molecule has 0 radical (unpaired) electrons. The summed E-state index contributed by atoms with van der Waals surface area (Å²) in [6, 6.07) is 10.3. The summed E-state index contributed by atoms with van der Waals surface area (Å²) in [4.78, 5) is 18.8. The maximum atomic E-state index is 12.5. The number of aromatic nitrogens is 1. The van der Waals surface area contributed by atoms with E-state index in [-0.39, 0.29) is 5.91 Å². The van der Waals surface area contributed by atoms with Crippen molar-refractivity contribution < 1.29 is 4.79 Å². The van der Waals surface area contributed by atoms with E-state index in [1.54, 1.807) is 0 Å². The lowest BCUT2D eigenvalue weighted by atomic mass is 9.97. The minimum atomic E-state index is 0.0136. The highest BCUT2D eigenvalue weighted by molar-refractivity contribution is 7.20. The highest BCUT2D eigenvalue weighted by atomic mass is 32.1. The lowest BCUT2D eigenvalue weighted by Crippen LogP contribution is -2.24. The van der Waals surface area contributed by atoms with Gasteiger partial charge in [0.15, 0.2) is 0 Å². The molecule has 1 aliphatic rings. The van der Waals surface area contributed by atoms with Gasteiger partial charge in [-0.3, -0.25) is 4.79 Å². The summed E-state index contributed by atoms with van der Waals surface area (Å²) < 4.78 is 0. The Morgan fingerprint density at radius 1 is 1.20 bits per heavy atom. The first-order chi connectivity index (χ1) is 12.2. The van der Waals surface area contributed by atoms with Gasteiger partial charge in [0.25, 0.3) is 5.91 Å². The van der Waals surface area contributed by atoms with Crippen molar-refractivity contribution in [1.82, 2.24) is 10.3 Å². The number of nitrogens with one attached hydrogen (secondary N) is 1. The molecule has 0 spiro atoms. The number of aryl methyl sites for hydroxylation is 1. The van der Waals surface area contributed by atoms with E-state index in [2.05, 4.69) is 36.5 Å². The van der Waals surface area contributed by atoms with Gasteiger partial charge in [0.05, 0.1) is 10.4 Å². The molecule has 1 aromatic carbocycles. The zero-order valence-electron chi connectivity index (χ0n) is 14.5. The first kappa shape index (κ1) is 16.3. The molecule has 0 saturated heterocycles. The van der Waals surface area contributed by atoms with E-state index in [1.807, 2.05) is 12.1 Å². The lowest BCUT2D eigenvalue weighted by Gasteiger charge is -2.12. The summed E-state index contributed by atoms with van der Waals surface area (Å²) in [5.41, 5.74) is 3.70. The number of hydrogen-bond donors (Lipinski definition) is 1. The molecule has 3 aromatic rings. The molecule has 2 heterocycles. The largest absolute Gasteiger partial charge is 0.351 e. The minimum Gasteiger partial charge on any atom is -0.351 e. The third kappa shape index (κ3) is 3.59. The van der Waals surface area contributed by atoms with E-state index in [0.29, 0.717) is 6.54 Å². The number of thiophene rings is 1. The molecule has 0 aliphatic heterocycles. The van der Waals surface area contributed by atoms with Crippen LogP contribution in [0.2, 0.25) is 0 Å². The van der Waals surface area contributed by atoms with E-state index in [4.69, 9.17) is 4.98 Å². The van der Waals surface area contributed by atoms with E-state index in [0.717, 1.165) is 32.4 Å². The standard InChI is InChI=1S/C21H22N2OS/c1-14-7-8-18-16(11-14)12-17-13-19(25-21(17)23-18)20(24)22-10-9-15-5-3-2-4-6-15/h5,7-8,11-13H,2-4,6,9-10H2,1H3,(H,22,24). The van der Waals surface area contributed by atoms with E-state index < -0.39 is 0 Å². The quantitative estimate of drug-likeness (QED) is 0.642. The van der Waals surface area contributed by atoms with Crippen LogP contribution in [0, 0.1) is 6.92 Å². The van der Waals surface area contributed by atoms with Gasteiger partial charge in [0.1, 0.15) is 4.83 Å². The zero-order valence-corrected chi connectivity index (χ0v) is 15.3. The molecular weight excluding hydrogens is 328 g/mol. The number of carbonyl (C=O) groups is 1. The third-order valence-corrected chi connectivity index (χ3v) is 5.84. The van der Waals surface area contributed by atoms with Gasteiger partial charge in [-0.25, -0.2) is 4.98 Å². The van der Waals surface area contributed by atoms with Crippen LogP contribution in [0.3, 0.4) is 0 Å². The first-order valence-corrected chi connectivity index (χ1v) is 9.78. The molecule has 1 N–H and O–H groups in total. The fourth-order valence-corrected chi connectivity index (χ4v) is 4.36. The molecule has 1 aliphatic carbocycles. The molecule has 0 unspecified atom stereocenters. The number of nitrogens with zero attached hydrogens (tertiary/aromatic N) is 1. The molecule has 0 fully saturated rings. The highest BCUT2D eigenvalue weighted by Crippen LogP contribution is 2.28. The van der Waals surface area contributed by atoms with Crippen LogP contribution in [0.1, 0.15) is 47.3 Å². The number of amides is 1. The van der Waals surface area contributed by atoms with Crippen molar-refractivity contribution in [2.45, 2.75) is 39.0 Å². The van der Waals surface area contributed by atoms with E-state index >= 15 is 0 Å². The molecule has 0 bridgehead atoms. The Bertz CT molecular complexity index is 971. The SMILES string of the molecule is Cc1ccc2nc3sc(C(=O)NCCC4=CCCCC4)cc3cc2c1. The molecule has 0 atom stereocenters. The summed E-state index contributed by atoms with van der Waals surface area (Å²) in [6.07, 6.45) is 8.28. The Morgan fingerprint density at radius 2 is 2.12 bits per heavy atom. The topological polar surface area (TPSA) is 42.0 Å². The molecule has 2 aromatic heterocycles. The van der Waals surface area contributed by atoms with Crippen molar-refractivity contribution in [2.75, 3.05) is 6.54 Å². The Kier molecular flexibility index (Phi) is 4.53. The summed E-state index contributed by atoms with van der Waals surface area (Å²) >= 11 is 1.47. The van der Waals surface area contributed by atoms with Crippen molar-refractivity contribution in [3.8, 4) is 0 Å². The Balaban J connectivity index is 1.49.